The molecule has 0 fully saturated rings. The lowest BCUT2D eigenvalue weighted by atomic mass is 10.3. The first-order valence-electron chi connectivity index (χ1n) is 2.44. The van der Waals surface area contributed by atoms with Crippen molar-refractivity contribution in [3.63, 3.8) is 0 Å². The van der Waals surface area contributed by atoms with Crippen molar-refractivity contribution in [1.82, 2.24) is 0 Å². The third-order valence-corrected chi connectivity index (χ3v) is 0.850. The van der Waals surface area contributed by atoms with Gasteiger partial charge >= 0.3 is 0 Å². The van der Waals surface area contributed by atoms with Crippen molar-refractivity contribution in [2.24, 2.45) is 0 Å². The van der Waals surface area contributed by atoms with Crippen LogP contribution in [0.2, 0.25) is 0 Å². The van der Waals surface area contributed by atoms with E-state index in [-0.39, 0.29) is 11.5 Å². The summed E-state index contributed by atoms with van der Waals surface area (Å²) in [5.74, 6) is 0.339. The zero-order chi connectivity index (χ0) is 7.98. The summed E-state index contributed by atoms with van der Waals surface area (Å²) in [6.07, 6.45) is 0. The lowest BCUT2D eigenvalue weighted by Gasteiger charge is -1.88. The van der Waals surface area contributed by atoms with Crippen LogP contribution in [-0.4, -0.2) is 14.4 Å². The van der Waals surface area contributed by atoms with Gasteiger partial charge in [-0.2, -0.15) is 4.21 Å². The lowest BCUT2D eigenvalue weighted by Crippen LogP contribution is -1.61. The average molecular weight is 158 g/mol. The molecule has 0 spiro atoms. The van der Waals surface area contributed by atoms with E-state index in [0.29, 0.717) is 0 Å². The molecule has 0 unspecified atom stereocenters. The van der Waals surface area contributed by atoms with Gasteiger partial charge in [-0.1, -0.05) is 0 Å². The first-order chi connectivity index (χ1) is 4.79. The fourth-order valence-electron chi connectivity index (χ4n) is 0.453. The molecule has 4 heteroatoms. The Balaban J connectivity index is 0.000000371. The van der Waals surface area contributed by atoms with E-state index in [0.717, 1.165) is 0 Å². The molecule has 1 aromatic carbocycles. The highest BCUT2D eigenvalue weighted by molar-refractivity contribution is 7.44. The van der Waals surface area contributed by atoms with Crippen LogP contribution < -0.4 is 0 Å². The maximum Gasteiger partial charge on any atom is 0.197 e. The second-order valence-corrected chi connectivity index (χ2v) is 1.52. The molecule has 0 saturated carbocycles. The van der Waals surface area contributed by atoms with E-state index in [1.54, 1.807) is 0 Å². The van der Waals surface area contributed by atoms with Gasteiger partial charge in [0, 0.05) is 0 Å². The summed E-state index contributed by atoms with van der Waals surface area (Å²) in [5, 5.41) is 17.3. The van der Waals surface area contributed by atoms with Crippen LogP contribution in [-0.2, 0) is 12.5 Å². The minimum absolute atomic E-state index is 0.169. The van der Waals surface area contributed by atoms with Gasteiger partial charge < -0.3 is 10.2 Å². The van der Waals surface area contributed by atoms with Gasteiger partial charge in [-0.15, -0.1) is 0 Å². The maximum absolute atomic E-state index is 8.65. The summed E-state index contributed by atoms with van der Waals surface area (Å²) < 4.78 is 7.83. The van der Waals surface area contributed by atoms with E-state index in [1.165, 1.54) is 24.3 Å². The molecule has 0 bridgehead atoms. The highest BCUT2D eigenvalue weighted by Crippen LogP contribution is 2.13. The van der Waals surface area contributed by atoms with Crippen molar-refractivity contribution in [2.45, 2.75) is 0 Å². The number of hydrogen-bond acceptors (Lipinski definition) is 4. The Morgan fingerprint density at radius 2 is 1.10 bits per heavy atom. The minimum atomic E-state index is 0.169. The van der Waals surface area contributed by atoms with Crippen molar-refractivity contribution in [2.75, 3.05) is 0 Å². The smallest absolute Gasteiger partial charge is 0.197 e. The van der Waals surface area contributed by atoms with Crippen LogP contribution in [0.3, 0.4) is 0 Å². The first-order valence-corrected chi connectivity index (χ1v) is 2.77. The van der Waals surface area contributed by atoms with Crippen LogP contribution in [0.1, 0.15) is 0 Å². The summed E-state index contributed by atoms with van der Waals surface area (Å²) >= 11 is 2.83. The largest absolute Gasteiger partial charge is 0.508 e. The van der Waals surface area contributed by atoms with Gasteiger partial charge in [0.1, 0.15) is 11.5 Å². The Morgan fingerprint density at radius 3 is 1.30 bits per heavy atom. The molecule has 0 aromatic heterocycles. The molecule has 0 aliphatic heterocycles. The molecule has 3 nitrogen and oxygen atoms in total. The Bertz CT molecular complexity index is 164. The topological polar surface area (TPSA) is 57.5 Å². The molecule has 54 valence electrons. The van der Waals surface area contributed by atoms with Crippen LogP contribution in [0.15, 0.2) is 24.3 Å². The fraction of sp³-hybridized carbons (Fsp3) is 0. The van der Waals surface area contributed by atoms with Crippen molar-refractivity contribution in [1.29, 1.82) is 0 Å². The number of rotatable bonds is 0. The molecular formula is C6H6O3S. The van der Waals surface area contributed by atoms with Gasteiger partial charge in [0.15, 0.2) is 12.5 Å². The number of hydrogen-bond donors (Lipinski definition) is 2. The average Bonchev–Trinajstić information content (AvgIpc) is 2.00. The fourth-order valence-corrected chi connectivity index (χ4v) is 0.453. The zero-order valence-corrected chi connectivity index (χ0v) is 5.84. The van der Waals surface area contributed by atoms with Crippen LogP contribution in [0, 0.1) is 0 Å². The van der Waals surface area contributed by atoms with Crippen LogP contribution >= 0.6 is 0 Å². The van der Waals surface area contributed by atoms with Gasteiger partial charge in [0.05, 0.1) is 0 Å². The summed E-state index contributed by atoms with van der Waals surface area (Å²) in [7, 11) is 0. The molecular weight excluding hydrogens is 152 g/mol. The third kappa shape index (κ3) is 2.99. The Morgan fingerprint density at radius 1 is 0.900 bits per heavy atom. The summed E-state index contributed by atoms with van der Waals surface area (Å²) in [5.41, 5.74) is 0. The maximum atomic E-state index is 8.65. The molecule has 1 rings (SSSR count). The highest BCUT2D eigenvalue weighted by Gasteiger charge is 1.84. The van der Waals surface area contributed by atoms with E-state index in [9.17, 15) is 0 Å². The summed E-state index contributed by atoms with van der Waals surface area (Å²) in [6, 6.07) is 5.70. The number of aromatic hydroxyl groups is 2. The number of phenolic OH excluding ortho intramolecular Hbond substituents is 2. The molecule has 10 heavy (non-hydrogen) atoms. The van der Waals surface area contributed by atoms with Gasteiger partial charge in [-0.25, -0.2) is 0 Å². The van der Waals surface area contributed by atoms with Crippen LogP contribution in [0.25, 0.3) is 0 Å². The standard InChI is InChI=1S/C6H6O2.OS/c7-5-1-2-6(8)4-3-5;1-2/h1-4,7-8H;. The Hall–Kier alpha value is -1.16. The zero-order valence-electron chi connectivity index (χ0n) is 5.02. The van der Waals surface area contributed by atoms with E-state index >= 15 is 0 Å². The Labute approximate surface area is 63.5 Å². The van der Waals surface area contributed by atoms with Crippen molar-refractivity contribution in [3.05, 3.63) is 24.3 Å². The van der Waals surface area contributed by atoms with Crippen molar-refractivity contribution < 1.29 is 14.4 Å². The highest BCUT2D eigenvalue weighted by atomic mass is 32.1. The number of phenols is 2. The lowest BCUT2D eigenvalue weighted by molar-refractivity contribution is 0.460. The van der Waals surface area contributed by atoms with E-state index in [4.69, 9.17) is 14.4 Å². The molecule has 0 atom stereocenters. The second kappa shape index (κ2) is 4.69. The predicted molar refractivity (Wildman–Crippen MR) is 37.9 cm³/mol. The summed E-state index contributed by atoms with van der Waals surface area (Å²) in [4.78, 5) is 0. The quantitative estimate of drug-likeness (QED) is 0.547. The number of benzene rings is 1. The predicted octanol–water partition coefficient (Wildman–Crippen LogP) is 0.762. The van der Waals surface area contributed by atoms with Gasteiger partial charge in [0.2, 0.25) is 0 Å². The molecule has 1 aromatic rings. The second-order valence-electron chi connectivity index (χ2n) is 1.52. The SMILES string of the molecule is O=S.Oc1ccc(O)cc1. The van der Waals surface area contributed by atoms with E-state index < -0.39 is 0 Å². The summed E-state index contributed by atoms with van der Waals surface area (Å²) in [6.45, 7) is 0. The molecule has 0 aliphatic rings. The first kappa shape index (κ1) is 8.84. The molecule has 0 radical (unpaired) electrons. The van der Waals surface area contributed by atoms with Gasteiger partial charge in [-0.3, -0.25) is 0 Å². The van der Waals surface area contributed by atoms with E-state index in [1.807, 2.05) is 0 Å². The van der Waals surface area contributed by atoms with Crippen molar-refractivity contribution in [3.8, 4) is 11.5 Å². The van der Waals surface area contributed by atoms with Crippen LogP contribution in [0.5, 0.6) is 11.5 Å². The minimum Gasteiger partial charge on any atom is -0.508 e. The van der Waals surface area contributed by atoms with Crippen LogP contribution in [0.4, 0.5) is 0 Å². The molecule has 0 amide bonds. The van der Waals surface area contributed by atoms with Crippen molar-refractivity contribution >= 4 is 12.5 Å². The van der Waals surface area contributed by atoms with E-state index in [2.05, 4.69) is 12.5 Å². The third-order valence-electron chi connectivity index (χ3n) is 0.850. The molecule has 0 saturated heterocycles. The van der Waals surface area contributed by atoms with Gasteiger partial charge in [-0.05, 0) is 24.3 Å². The molecule has 2 N–H and O–H groups in total. The Kier molecular flexibility index (Phi) is 4.15. The van der Waals surface area contributed by atoms with Gasteiger partial charge in [0.25, 0.3) is 0 Å². The normalized spacial score (nSPS) is 7.60. The molecule has 0 aliphatic carbocycles. The molecule has 0 heterocycles. The monoisotopic (exact) mass is 158 g/mol.